The van der Waals surface area contributed by atoms with Gasteiger partial charge in [-0.05, 0) is 62.2 Å². The lowest BCUT2D eigenvalue weighted by Gasteiger charge is -2.33. The maximum absolute atomic E-state index is 13.3. The number of nitrogens with one attached hydrogen (secondary N) is 1. The van der Waals surface area contributed by atoms with E-state index in [-0.39, 0.29) is 54.7 Å². The van der Waals surface area contributed by atoms with Crippen LogP contribution in [0.15, 0.2) is 47.4 Å². The lowest BCUT2D eigenvalue weighted by molar-refractivity contribution is -0.134. The van der Waals surface area contributed by atoms with E-state index >= 15 is 0 Å². The van der Waals surface area contributed by atoms with Gasteiger partial charge in [-0.15, -0.1) is 0 Å². The molecule has 11 heteroatoms. The minimum Gasteiger partial charge on any atom is -0.488 e. The minimum absolute atomic E-state index is 0.0190. The number of nitrogens with zero attached hydrogens (tertiary/aromatic N) is 2. The topological polar surface area (TPSA) is 116 Å². The maximum atomic E-state index is 13.3. The van der Waals surface area contributed by atoms with E-state index in [1.54, 1.807) is 30.0 Å². The summed E-state index contributed by atoms with van der Waals surface area (Å²) in [5.74, 6) is -0.0122. The molecule has 3 atom stereocenters. The molecule has 206 valence electrons. The standard InChI is InChI=1S/C27H34ClN3O6S/c1-17-14-31(18(2)16-32)26(33)13-20-12-22(29-27(34)19-4-5-19)8-11-24(20)37-25(17)15-30(3)38(35,36)23-9-6-21(28)7-10-23/h6-12,17-19,25,32H,4-5,13-16H2,1-3H3,(H,29,34)/t17-,18-,25-/m0/s1. The van der Waals surface area contributed by atoms with Crippen LogP contribution >= 0.6 is 11.6 Å². The number of amides is 2. The highest BCUT2D eigenvalue weighted by Crippen LogP contribution is 2.33. The Morgan fingerprint density at radius 3 is 2.55 bits per heavy atom. The number of hydrogen-bond donors (Lipinski definition) is 2. The predicted octanol–water partition coefficient (Wildman–Crippen LogP) is 3.16. The van der Waals surface area contributed by atoms with Crippen LogP contribution in [-0.4, -0.2) is 73.4 Å². The molecule has 1 heterocycles. The average Bonchev–Trinajstić information content (AvgIpc) is 3.72. The van der Waals surface area contributed by atoms with Gasteiger partial charge in [0.25, 0.3) is 0 Å². The van der Waals surface area contributed by atoms with Crippen molar-refractivity contribution in [2.24, 2.45) is 11.8 Å². The summed E-state index contributed by atoms with van der Waals surface area (Å²) in [6, 6.07) is 10.7. The third-order valence-corrected chi connectivity index (χ3v) is 9.18. The van der Waals surface area contributed by atoms with E-state index in [0.29, 0.717) is 22.0 Å². The Kier molecular flexibility index (Phi) is 8.66. The fourth-order valence-corrected chi connectivity index (χ4v) is 5.76. The molecule has 0 spiro atoms. The molecule has 0 aromatic heterocycles. The molecule has 2 amide bonds. The number of anilines is 1. The lowest BCUT2D eigenvalue weighted by atomic mass is 10.0. The molecule has 1 fully saturated rings. The number of sulfonamides is 1. The van der Waals surface area contributed by atoms with Gasteiger partial charge in [0, 0.05) is 41.7 Å². The van der Waals surface area contributed by atoms with Crippen molar-refractivity contribution in [3.05, 3.63) is 53.1 Å². The fraction of sp³-hybridized carbons (Fsp3) is 0.481. The molecule has 0 unspecified atom stereocenters. The Labute approximate surface area is 228 Å². The molecule has 2 aliphatic rings. The van der Waals surface area contributed by atoms with Crippen molar-refractivity contribution >= 4 is 39.1 Å². The van der Waals surface area contributed by atoms with E-state index in [2.05, 4.69) is 5.32 Å². The smallest absolute Gasteiger partial charge is 0.242 e. The monoisotopic (exact) mass is 563 g/mol. The van der Waals surface area contributed by atoms with Crippen LogP contribution in [0.3, 0.4) is 0 Å². The quantitative estimate of drug-likeness (QED) is 0.510. The van der Waals surface area contributed by atoms with Gasteiger partial charge in [0.2, 0.25) is 21.8 Å². The molecule has 38 heavy (non-hydrogen) atoms. The molecule has 2 aromatic rings. The summed E-state index contributed by atoms with van der Waals surface area (Å²) >= 11 is 5.93. The highest BCUT2D eigenvalue weighted by atomic mass is 35.5. The number of rotatable bonds is 8. The van der Waals surface area contributed by atoms with Crippen LogP contribution in [0.25, 0.3) is 0 Å². The summed E-state index contributed by atoms with van der Waals surface area (Å²) < 4.78 is 34.2. The second-order valence-electron chi connectivity index (χ2n) is 10.2. The van der Waals surface area contributed by atoms with E-state index in [9.17, 15) is 23.1 Å². The first-order valence-corrected chi connectivity index (χ1v) is 14.5. The molecule has 0 saturated heterocycles. The van der Waals surface area contributed by atoms with Crippen LogP contribution in [0.5, 0.6) is 5.75 Å². The Morgan fingerprint density at radius 2 is 1.92 bits per heavy atom. The highest BCUT2D eigenvalue weighted by molar-refractivity contribution is 7.89. The zero-order valence-electron chi connectivity index (χ0n) is 21.8. The average molecular weight is 564 g/mol. The molecular weight excluding hydrogens is 530 g/mol. The molecule has 2 N–H and O–H groups in total. The molecule has 0 bridgehead atoms. The van der Waals surface area contributed by atoms with Crippen LogP contribution in [0, 0.1) is 11.8 Å². The fourth-order valence-electron chi connectivity index (χ4n) is 4.45. The summed E-state index contributed by atoms with van der Waals surface area (Å²) in [4.78, 5) is 27.4. The Morgan fingerprint density at radius 1 is 1.24 bits per heavy atom. The van der Waals surface area contributed by atoms with E-state index in [1.807, 2.05) is 6.92 Å². The van der Waals surface area contributed by atoms with Crippen LogP contribution in [-0.2, 0) is 26.0 Å². The first kappa shape index (κ1) is 28.4. The highest BCUT2D eigenvalue weighted by Gasteiger charge is 2.34. The van der Waals surface area contributed by atoms with Crippen LogP contribution in [0.4, 0.5) is 5.69 Å². The maximum Gasteiger partial charge on any atom is 0.242 e. The van der Waals surface area contributed by atoms with Gasteiger partial charge in [0.05, 0.1) is 30.5 Å². The van der Waals surface area contributed by atoms with Crippen molar-refractivity contribution in [1.29, 1.82) is 0 Å². The van der Waals surface area contributed by atoms with E-state index in [1.165, 1.54) is 35.6 Å². The predicted molar refractivity (Wildman–Crippen MR) is 145 cm³/mol. The zero-order valence-corrected chi connectivity index (χ0v) is 23.3. The summed E-state index contributed by atoms with van der Waals surface area (Å²) in [6.07, 6.45) is 1.16. The first-order valence-electron chi connectivity index (χ1n) is 12.7. The van der Waals surface area contributed by atoms with Crippen LogP contribution in [0.2, 0.25) is 5.02 Å². The SMILES string of the molecule is C[C@H]1CN([C@@H](C)CO)C(=O)Cc2cc(NC(=O)C3CC3)ccc2O[C@H]1CN(C)S(=O)(=O)c1ccc(Cl)cc1. The zero-order chi connectivity index (χ0) is 27.6. The normalized spacial score (nSPS) is 21.1. The van der Waals surface area contributed by atoms with Crippen molar-refractivity contribution < 1.29 is 27.9 Å². The van der Waals surface area contributed by atoms with Gasteiger partial charge in [-0.25, -0.2) is 8.42 Å². The van der Waals surface area contributed by atoms with Gasteiger partial charge >= 0.3 is 0 Å². The molecule has 2 aromatic carbocycles. The number of benzene rings is 2. The lowest BCUT2D eigenvalue weighted by Crippen LogP contribution is -2.48. The van der Waals surface area contributed by atoms with Gasteiger partial charge in [-0.2, -0.15) is 4.31 Å². The number of aliphatic hydroxyl groups excluding tert-OH is 1. The van der Waals surface area contributed by atoms with E-state index in [0.717, 1.165) is 12.8 Å². The molecule has 1 saturated carbocycles. The molecule has 9 nitrogen and oxygen atoms in total. The first-order chi connectivity index (χ1) is 18.0. The Bertz CT molecular complexity index is 1280. The summed E-state index contributed by atoms with van der Waals surface area (Å²) in [5, 5.41) is 13.2. The summed E-state index contributed by atoms with van der Waals surface area (Å²) in [7, 11) is -2.34. The van der Waals surface area contributed by atoms with Crippen molar-refractivity contribution in [2.45, 2.75) is 50.2 Å². The minimum atomic E-state index is -3.83. The second-order valence-corrected chi connectivity index (χ2v) is 12.7. The van der Waals surface area contributed by atoms with Gasteiger partial charge < -0.3 is 20.1 Å². The van der Waals surface area contributed by atoms with Gasteiger partial charge in [-0.3, -0.25) is 9.59 Å². The molecular formula is C27H34ClN3O6S. The number of halogens is 1. The third-order valence-electron chi connectivity index (χ3n) is 7.09. The van der Waals surface area contributed by atoms with E-state index in [4.69, 9.17) is 16.3 Å². The molecule has 4 rings (SSSR count). The number of likely N-dealkylation sites (N-methyl/N-ethyl adjacent to an activating group) is 1. The Balaban J connectivity index is 1.64. The van der Waals surface area contributed by atoms with Gasteiger partial charge in [-0.1, -0.05) is 18.5 Å². The number of carbonyl (C=O) groups excluding carboxylic acids is 2. The largest absolute Gasteiger partial charge is 0.488 e. The summed E-state index contributed by atoms with van der Waals surface area (Å²) in [6.45, 7) is 3.76. The molecule has 1 aliphatic heterocycles. The Hall–Kier alpha value is -2.66. The van der Waals surface area contributed by atoms with Crippen molar-refractivity contribution in [3.63, 3.8) is 0 Å². The number of ether oxygens (including phenoxy) is 1. The number of fused-ring (bicyclic) bond motifs is 1. The van der Waals surface area contributed by atoms with Crippen molar-refractivity contribution in [1.82, 2.24) is 9.21 Å². The molecule has 1 aliphatic carbocycles. The second kappa shape index (κ2) is 11.6. The van der Waals surface area contributed by atoms with Crippen molar-refractivity contribution in [3.8, 4) is 5.75 Å². The molecule has 0 radical (unpaired) electrons. The van der Waals surface area contributed by atoms with Gasteiger partial charge in [0.15, 0.2) is 0 Å². The summed E-state index contributed by atoms with van der Waals surface area (Å²) in [5.41, 5.74) is 1.16. The van der Waals surface area contributed by atoms with Gasteiger partial charge in [0.1, 0.15) is 11.9 Å². The van der Waals surface area contributed by atoms with E-state index < -0.39 is 22.2 Å². The third kappa shape index (κ3) is 6.48. The number of carbonyl (C=O) groups is 2. The van der Waals surface area contributed by atoms with Crippen molar-refractivity contribution in [2.75, 3.05) is 32.1 Å². The van der Waals surface area contributed by atoms with Crippen LogP contribution in [0.1, 0.15) is 32.3 Å². The number of hydrogen-bond acceptors (Lipinski definition) is 6. The number of aliphatic hydroxyl groups is 1. The van der Waals surface area contributed by atoms with Crippen LogP contribution < -0.4 is 10.1 Å².